The molecular weight excluding hydrogens is 634 g/mol. The maximum absolute atomic E-state index is 13.9. The fraction of sp³-hybridized carbons (Fsp3) is 0.282. The number of carbonyl (C=O) groups is 4. The number of rotatable bonds is 15. The Labute approximate surface area is 293 Å². The number of aliphatic carboxylic acids is 1. The van der Waals surface area contributed by atoms with Crippen LogP contribution >= 0.6 is 0 Å². The van der Waals surface area contributed by atoms with Gasteiger partial charge in [-0.3, -0.25) is 9.59 Å². The van der Waals surface area contributed by atoms with Crippen LogP contribution in [0.15, 0.2) is 103 Å². The molecule has 4 rings (SSSR count). The van der Waals surface area contributed by atoms with Crippen molar-refractivity contribution >= 4 is 35.3 Å². The van der Waals surface area contributed by atoms with Crippen molar-refractivity contribution in [2.75, 3.05) is 37.9 Å². The van der Waals surface area contributed by atoms with Crippen LogP contribution in [0.5, 0.6) is 5.75 Å². The third-order valence-electron chi connectivity index (χ3n) is 8.39. The van der Waals surface area contributed by atoms with E-state index in [1.54, 1.807) is 42.0 Å². The number of nitrogens with zero attached hydrogens (tertiary/aromatic N) is 3. The molecule has 262 valence electrons. The molecule has 11 heteroatoms. The minimum Gasteiger partial charge on any atom is -0.495 e. The first-order valence-electron chi connectivity index (χ1n) is 16.4. The van der Waals surface area contributed by atoms with Crippen LogP contribution in [0.3, 0.4) is 0 Å². The SMILES string of the molecule is COc1cc(CC(=O)N(CCN(Cc2ccccc2)C(=O)N(C)C(C)CC(=O)O)Cc2ccccc2)ccc1NC(=O)Nc1ccccc1C. The summed E-state index contributed by atoms with van der Waals surface area (Å²) in [6.07, 6.45) is -0.129. The molecule has 0 aliphatic rings. The third kappa shape index (κ3) is 10.8. The van der Waals surface area contributed by atoms with Gasteiger partial charge in [-0.15, -0.1) is 0 Å². The van der Waals surface area contributed by atoms with Gasteiger partial charge < -0.3 is 35.2 Å². The van der Waals surface area contributed by atoms with Gasteiger partial charge in [-0.25, -0.2) is 9.59 Å². The van der Waals surface area contributed by atoms with Crippen molar-refractivity contribution in [3.63, 3.8) is 0 Å². The maximum atomic E-state index is 13.9. The van der Waals surface area contributed by atoms with Gasteiger partial charge in [0.05, 0.1) is 25.6 Å². The summed E-state index contributed by atoms with van der Waals surface area (Å²) in [7, 11) is 3.10. The Hall–Kier alpha value is -5.84. The van der Waals surface area contributed by atoms with E-state index in [0.717, 1.165) is 16.7 Å². The number of hydrogen-bond donors (Lipinski definition) is 3. The first kappa shape index (κ1) is 37.0. The number of ether oxygens (including phenoxy) is 1. The number of amides is 5. The Morgan fingerprint density at radius 1 is 0.740 bits per heavy atom. The fourth-order valence-corrected chi connectivity index (χ4v) is 5.41. The van der Waals surface area contributed by atoms with Crippen LogP contribution in [0.25, 0.3) is 0 Å². The van der Waals surface area contributed by atoms with Crippen LogP contribution < -0.4 is 15.4 Å². The number of anilines is 2. The molecule has 0 aliphatic heterocycles. The molecule has 0 aliphatic carbocycles. The second-order valence-corrected chi connectivity index (χ2v) is 12.2. The molecule has 1 unspecified atom stereocenters. The van der Waals surface area contributed by atoms with Crippen molar-refractivity contribution < 1.29 is 29.0 Å². The molecule has 4 aromatic rings. The number of nitrogens with one attached hydrogen (secondary N) is 2. The predicted molar refractivity (Wildman–Crippen MR) is 194 cm³/mol. The Balaban J connectivity index is 1.51. The largest absolute Gasteiger partial charge is 0.495 e. The fourth-order valence-electron chi connectivity index (χ4n) is 5.41. The number of carboxylic acids is 1. The van der Waals surface area contributed by atoms with Gasteiger partial charge >= 0.3 is 18.0 Å². The lowest BCUT2D eigenvalue weighted by Crippen LogP contribution is -2.48. The number of benzene rings is 4. The van der Waals surface area contributed by atoms with E-state index in [-0.39, 0.29) is 37.9 Å². The first-order chi connectivity index (χ1) is 24.0. The van der Waals surface area contributed by atoms with E-state index >= 15 is 0 Å². The molecule has 5 amide bonds. The van der Waals surface area contributed by atoms with Crippen LogP contribution in [0, 0.1) is 6.92 Å². The van der Waals surface area contributed by atoms with Gasteiger partial charge in [0.2, 0.25) is 5.91 Å². The number of urea groups is 2. The molecule has 0 fully saturated rings. The van der Waals surface area contributed by atoms with E-state index in [1.165, 1.54) is 12.0 Å². The zero-order valence-corrected chi connectivity index (χ0v) is 29.0. The van der Waals surface area contributed by atoms with Gasteiger partial charge in [-0.1, -0.05) is 84.9 Å². The highest BCUT2D eigenvalue weighted by Crippen LogP contribution is 2.27. The molecule has 0 saturated carbocycles. The molecule has 0 aromatic heterocycles. The molecule has 50 heavy (non-hydrogen) atoms. The molecule has 0 spiro atoms. The van der Waals surface area contributed by atoms with Crippen LogP contribution in [0.4, 0.5) is 21.0 Å². The number of carboxylic acid groups (broad SMARTS) is 1. The van der Waals surface area contributed by atoms with E-state index in [0.29, 0.717) is 35.8 Å². The molecule has 0 radical (unpaired) electrons. The van der Waals surface area contributed by atoms with Crippen molar-refractivity contribution in [1.82, 2.24) is 14.7 Å². The molecule has 0 heterocycles. The van der Waals surface area contributed by atoms with E-state index < -0.39 is 18.0 Å². The summed E-state index contributed by atoms with van der Waals surface area (Å²) in [6.45, 7) is 4.68. The normalized spacial score (nSPS) is 11.2. The van der Waals surface area contributed by atoms with Gasteiger partial charge in [-0.05, 0) is 54.3 Å². The first-order valence-corrected chi connectivity index (χ1v) is 16.4. The average molecular weight is 680 g/mol. The van der Waals surface area contributed by atoms with Crippen molar-refractivity contribution in [1.29, 1.82) is 0 Å². The van der Waals surface area contributed by atoms with E-state index in [2.05, 4.69) is 10.6 Å². The van der Waals surface area contributed by atoms with Crippen molar-refractivity contribution in [3.05, 3.63) is 125 Å². The molecule has 3 N–H and O–H groups in total. The quantitative estimate of drug-likeness (QED) is 0.129. The molecule has 4 aromatic carbocycles. The van der Waals surface area contributed by atoms with Crippen molar-refractivity contribution in [3.8, 4) is 5.75 Å². The van der Waals surface area contributed by atoms with E-state index in [4.69, 9.17) is 4.74 Å². The average Bonchev–Trinajstić information content (AvgIpc) is 3.10. The third-order valence-corrected chi connectivity index (χ3v) is 8.39. The molecule has 0 saturated heterocycles. The lowest BCUT2D eigenvalue weighted by atomic mass is 10.1. The van der Waals surface area contributed by atoms with Gasteiger partial charge in [0, 0.05) is 45.0 Å². The predicted octanol–water partition coefficient (Wildman–Crippen LogP) is 6.64. The lowest BCUT2D eigenvalue weighted by molar-refractivity contribution is -0.138. The van der Waals surface area contributed by atoms with Crippen LogP contribution in [0.2, 0.25) is 0 Å². The van der Waals surface area contributed by atoms with Crippen molar-refractivity contribution in [2.24, 2.45) is 0 Å². The summed E-state index contributed by atoms with van der Waals surface area (Å²) in [5.74, 6) is -0.742. The lowest BCUT2D eigenvalue weighted by Gasteiger charge is -2.33. The highest BCUT2D eigenvalue weighted by atomic mass is 16.5. The van der Waals surface area contributed by atoms with Gasteiger partial charge in [0.25, 0.3) is 0 Å². The van der Waals surface area contributed by atoms with E-state index in [9.17, 15) is 24.3 Å². The second-order valence-electron chi connectivity index (χ2n) is 12.2. The van der Waals surface area contributed by atoms with Gasteiger partial charge in [0.15, 0.2) is 0 Å². The monoisotopic (exact) mass is 679 g/mol. The number of hydrogen-bond acceptors (Lipinski definition) is 5. The summed E-state index contributed by atoms with van der Waals surface area (Å²) in [5.41, 5.74) is 4.60. The highest BCUT2D eigenvalue weighted by molar-refractivity contribution is 6.01. The highest BCUT2D eigenvalue weighted by Gasteiger charge is 2.25. The molecule has 11 nitrogen and oxygen atoms in total. The standard InChI is InChI=1S/C39H45N5O6/c1-28-13-11-12-18-33(28)40-38(48)41-34-20-19-32(24-35(34)50-4)25-36(45)43(26-30-14-7-5-8-15-30)21-22-44(27-31-16-9-6-10-17-31)39(49)42(3)29(2)23-37(46)47/h5-20,24,29H,21-23,25-27H2,1-4H3,(H,46,47)(H2,40,41,48). The Morgan fingerprint density at radius 3 is 1.90 bits per heavy atom. The zero-order chi connectivity index (χ0) is 36.0. The van der Waals surface area contributed by atoms with Crippen LogP contribution in [-0.2, 0) is 29.1 Å². The van der Waals surface area contributed by atoms with Crippen LogP contribution in [-0.4, -0.2) is 77.0 Å². The Kier molecular flexibility index (Phi) is 13.4. The molecule has 1 atom stereocenters. The minimum atomic E-state index is -0.989. The maximum Gasteiger partial charge on any atom is 0.323 e. The molecular formula is C39H45N5O6. The topological polar surface area (TPSA) is 132 Å². The summed E-state index contributed by atoms with van der Waals surface area (Å²) in [4.78, 5) is 56.6. The van der Waals surface area contributed by atoms with Gasteiger partial charge in [-0.2, -0.15) is 0 Å². The zero-order valence-electron chi connectivity index (χ0n) is 29.0. The van der Waals surface area contributed by atoms with E-state index in [1.807, 2.05) is 91.9 Å². The summed E-state index contributed by atoms with van der Waals surface area (Å²) >= 11 is 0. The summed E-state index contributed by atoms with van der Waals surface area (Å²) < 4.78 is 5.57. The number of carbonyl (C=O) groups excluding carboxylic acids is 3. The minimum absolute atomic E-state index is 0.0566. The number of methoxy groups -OCH3 is 1. The van der Waals surface area contributed by atoms with Crippen LogP contribution in [0.1, 0.15) is 35.6 Å². The number of aryl methyl sites for hydroxylation is 1. The molecule has 0 bridgehead atoms. The smallest absolute Gasteiger partial charge is 0.323 e. The number of para-hydroxylation sites is 1. The summed E-state index contributed by atoms with van der Waals surface area (Å²) in [5, 5.41) is 15.0. The Morgan fingerprint density at radius 2 is 1.30 bits per heavy atom. The second kappa shape index (κ2) is 18.1. The summed E-state index contributed by atoms with van der Waals surface area (Å²) in [6, 6.07) is 30.5. The Bertz CT molecular complexity index is 1750. The van der Waals surface area contributed by atoms with Gasteiger partial charge in [0.1, 0.15) is 5.75 Å². The van der Waals surface area contributed by atoms with Crippen molar-refractivity contribution in [2.45, 2.75) is 45.8 Å².